The van der Waals surface area contributed by atoms with Crippen molar-refractivity contribution < 1.29 is 13.2 Å². The normalized spacial score (nSPS) is 19.3. The molecule has 0 spiro atoms. The molecule has 1 fully saturated rings. The number of amides is 1. The van der Waals surface area contributed by atoms with Gasteiger partial charge >= 0.3 is 0 Å². The molecule has 1 rings (SSSR count). The summed E-state index contributed by atoms with van der Waals surface area (Å²) in [4.78, 5) is 10.8. The summed E-state index contributed by atoms with van der Waals surface area (Å²) in [6.07, 6.45) is 1.78. The van der Waals surface area contributed by atoms with Crippen LogP contribution in [0, 0.1) is 5.92 Å². The van der Waals surface area contributed by atoms with Gasteiger partial charge in [0.2, 0.25) is 5.91 Å². The van der Waals surface area contributed by atoms with Crippen LogP contribution in [0.2, 0.25) is 0 Å². The van der Waals surface area contributed by atoms with Gasteiger partial charge in [0.1, 0.15) is 0 Å². The third-order valence-electron chi connectivity index (χ3n) is 3.42. The third-order valence-corrected chi connectivity index (χ3v) is 5.61. The molecule has 1 saturated heterocycles. The molecule has 0 aromatic heterocycles. The summed E-state index contributed by atoms with van der Waals surface area (Å²) in [5.74, 6) is -0.0781. The molecule has 1 aliphatic heterocycles. The second-order valence-electron chi connectivity index (χ2n) is 4.60. The van der Waals surface area contributed by atoms with E-state index < -0.39 is 10.2 Å². The molecular weight excluding hydrogens is 254 g/mol. The summed E-state index contributed by atoms with van der Waals surface area (Å²) in [5.41, 5.74) is 5.16. The van der Waals surface area contributed by atoms with E-state index in [1.165, 1.54) is 8.61 Å². The van der Waals surface area contributed by atoms with Gasteiger partial charge in [0.15, 0.2) is 0 Å². The molecule has 0 unspecified atom stereocenters. The molecule has 0 atom stereocenters. The number of hydrogen-bond acceptors (Lipinski definition) is 3. The zero-order chi connectivity index (χ0) is 13.8. The summed E-state index contributed by atoms with van der Waals surface area (Å²) in [7, 11) is -3.33. The highest BCUT2D eigenvalue weighted by molar-refractivity contribution is 7.86. The molecule has 1 heterocycles. The van der Waals surface area contributed by atoms with Crippen molar-refractivity contribution >= 4 is 16.1 Å². The lowest BCUT2D eigenvalue weighted by atomic mass is 9.94. The van der Waals surface area contributed by atoms with Crippen molar-refractivity contribution in [2.24, 2.45) is 11.7 Å². The van der Waals surface area contributed by atoms with E-state index in [0.717, 1.165) is 0 Å². The number of hydrogen-bond donors (Lipinski definition) is 1. The zero-order valence-corrected chi connectivity index (χ0v) is 11.9. The number of carbonyl (C=O) groups is 1. The molecule has 18 heavy (non-hydrogen) atoms. The zero-order valence-electron chi connectivity index (χ0n) is 11.1. The fourth-order valence-electron chi connectivity index (χ4n) is 2.34. The first-order valence-electron chi connectivity index (χ1n) is 6.45. The van der Waals surface area contributed by atoms with Crippen LogP contribution in [0.3, 0.4) is 0 Å². The Kier molecular flexibility index (Phi) is 5.55. The Balaban J connectivity index is 2.59. The van der Waals surface area contributed by atoms with Crippen molar-refractivity contribution in [3.63, 3.8) is 0 Å². The average Bonchev–Trinajstić information content (AvgIpc) is 2.30. The average molecular weight is 277 g/mol. The standard InChI is InChI=1S/C11H23N3O3S/c1-3-13(4-2)18(16,17)14-7-5-10(6-8-14)9-11(12)15/h10H,3-9H2,1-2H3,(H2,12,15). The van der Waals surface area contributed by atoms with Crippen LogP contribution in [0.4, 0.5) is 0 Å². The number of nitrogens with two attached hydrogens (primary N) is 1. The van der Waals surface area contributed by atoms with Crippen LogP contribution >= 0.6 is 0 Å². The summed E-state index contributed by atoms with van der Waals surface area (Å²) in [6, 6.07) is 0. The molecule has 0 aliphatic carbocycles. The molecule has 2 N–H and O–H groups in total. The molecule has 0 aromatic carbocycles. The maximum absolute atomic E-state index is 12.2. The maximum atomic E-state index is 12.2. The highest BCUT2D eigenvalue weighted by Gasteiger charge is 2.31. The number of carbonyl (C=O) groups excluding carboxylic acids is 1. The molecule has 0 saturated carbocycles. The van der Waals surface area contributed by atoms with Crippen molar-refractivity contribution in [3.05, 3.63) is 0 Å². The molecule has 1 aliphatic rings. The quantitative estimate of drug-likeness (QED) is 0.750. The molecule has 6 nitrogen and oxygen atoms in total. The van der Waals surface area contributed by atoms with E-state index in [-0.39, 0.29) is 11.8 Å². The van der Waals surface area contributed by atoms with Gasteiger partial charge in [0.05, 0.1) is 0 Å². The van der Waals surface area contributed by atoms with Gasteiger partial charge in [-0.15, -0.1) is 0 Å². The van der Waals surface area contributed by atoms with Gasteiger partial charge in [-0.05, 0) is 18.8 Å². The van der Waals surface area contributed by atoms with Crippen molar-refractivity contribution in [3.8, 4) is 0 Å². The first-order valence-corrected chi connectivity index (χ1v) is 7.85. The summed E-state index contributed by atoms with van der Waals surface area (Å²) in [6.45, 7) is 5.61. The molecule has 0 bridgehead atoms. The topological polar surface area (TPSA) is 83.7 Å². The van der Waals surface area contributed by atoms with Crippen LogP contribution < -0.4 is 5.73 Å². The van der Waals surface area contributed by atoms with Gasteiger partial charge in [-0.25, -0.2) is 0 Å². The fraction of sp³-hybridized carbons (Fsp3) is 0.909. The van der Waals surface area contributed by atoms with E-state index in [1.807, 2.05) is 13.8 Å². The predicted octanol–water partition coefficient (Wildman–Crippen LogP) is 0.160. The van der Waals surface area contributed by atoms with Crippen LogP contribution in [0.15, 0.2) is 0 Å². The van der Waals surface area contributed by atoms with Gasteiger partial charge in [0.25, 0.3) is 10.2 Å². The smallest absolute Gasteiger partial charge is 0.281 e. The number of piperidine rings is 1. The first kappa shape index (κ1) is 15.4. The van der Waals surface area contributed by atoms with Crippen molar-refractivity contribution in [1.82, 2.24) is 8.61 Å². The van der Waals surface area contributed by atoms with E-state index in [9.17, 15) is 13.2 Å². The fourth-order valence-corrected chi connectivity index (χ4v) is 3.99. The van der Waals surface area contributed by atoms with E-state index in [4.69, 9.17) is 5.73 Å². The Bertz CT molecular complexity index is 371. The van der Waals surface area contributed by atoms with Gasteiger partial charge in [-0.1, -0.05) is 13.8 Å². The lowest BCUT2D eigenvalue weighted by molar-refractivity contribution is -0.119. The minimum atomic E-state index is -3.33. The monoisotopic (exact) mass is 277 g/mol. The number of nitrogens with zero attached hydrogens (tertiary/aromatic N) is 2. The SMILES string of the molecule is CCN(CC)S(=O)(=O)N1CCC(CC(N)=O)CC1. The molecular formula is C11H23N3O3S. The largest absolute Gasteiger partial charge is 0.370 e. The minimum Gasteiger partial charge on any atom is -0.370 e. The second kappa shape index (κ2) is 6.49. The van der Waals surface area contributed by atoms with Crippen LogP contribution in [0.1, 0.15) is 33.1 Å². The lowest BCUT2D eigenvalue weighted by Gasteiger charge is -2.34. The Morgan fingerprint density at radius 3 is 2.17 bits per heavy atom. The minimum absolute atomic E-state index is 0.227. The van der Waals surface area contributed by atoms with Gasteiger partial charge in [-0.3, -0.25) is 4.79 Å². The molecule has 7 heteroatoms. The Labute approximate surface area is 109 Å². The molecule has 1 amide bonds. The van der Waals surface area contributed by atoms with Crippen LogP contribution in [-0.4, -0.2) is 49.1 Å². The van der Waals surface area contributed by atoms with Crippen LogP contribution in [0.5, 0.6) is 0 Å². The Morgan fingerprint density at radius 2 is 1.78 bits per heavy atom. The van der Waals surface area contributed by atoms with E-state index >= 15 is 0 Å². The van der Waals surface area contributed by atoms with Crippen molar-refractivity contribution in [1.29, 1.82) is 0 Å². The Hall–Kier alpha value is -0.660. The summed E-state index contributed by atoms with van der Waals surface area (Å²) < 4.78 is 27.4. The highest BCUT2D eigenvalue weighted by atomic mass is 32.2. The number of primary amides is 1. The van der Waals surface area contributed by atoms with Gasteiger partial charge in [-0.2, -0.15) is 17.0 Å². The first-order chi connectivity index (χ1) is 8.41. The van der Waals surface area contributed by atoms with Crippen molar-refractivity contribution in [2.75, 3.05) is 26.2 Å². The summed E-state index contributed by atoms with van der Waals surface area (Å²) >= 11 is 0. The number of rotatable bonds is 6. The van der Waals surface area contributed by atoms with Crippen molar-refractivity contribution in [2.45, 2.75) is 33.1 Å². The van der Waals surface area contributed by atoms with E-state index in [1.54, 1.807) is 0 Å². The third kappa shape index (κ3) is 3.66. The summed E-state index contributed by atoms with van der Waals surface area (Å²) in [5, 5.41) is 0. The molecule has 0 radical (unpaired) electrons. The van der Waals surface area contributed by atoms with Gasteiger partial charge < -0.3 is 5.73 Å². The Morgan fingerprint density at radius 1 is 1.28 bits per heavy atom. The second-order valence-corrected chi connectivity index (χ2v) is 6.53. The van der Waals surface area contributed by atoms with Crippen LogP contribution in [0.25, 0.3) is 0 Å². The van der Waals surface area contributed by atoms with Crippen LogP contribution in [-0.2, 0) is 15.0 Å². The predicted molar refractivity (Wildman–Crippen MR) is 69.9 cm³/mol. The van der Waals surface area contributed by atoms with E-state index in [0.29, 0.717) is 45.4 Å². The maximum Gasteiger partial charge on any atom is 0.281 e. The lowest BCUT2D eigenvalue weighted by Crippen LogP contribution is -2.47. The molecule has 106 valence electrons. The van der Waals surface area contributed by atoms with E-state index in [2.05, 4.69) is 0 Å². The molecule has 0 aromatic rings. The highest BCUT2D eigenvalue weighted by Crippen LogP contribution is 2.23. The van der Waals surface area contributed by atoms with Gasteiger partial charge in [0, 0.05) is 32.6 Å².